The molecular weight excluding hydrogens is 349 g/mol. The normalized spacial score (nSPS) is 11.6. The van der Waals surface area contributed by atoms with Crippen LogP contribution in [0.1, 0.15) is 31.1 Å². The molecule has 0 amide bonds. The number of carbonyl (C=O) groups is 1. The molecule has 1 heterocycles. The van der Waals surface area contributed by atoms with Gasteiger partial charge in [-0.3, -0.25) is 0 Å². The van der Waals surface area contributed by atoms with E-state index in [1.807, 2.05) is 39.0 Å². The van der Waals surface area contributed by atoms with Gasteiger partial charge in [-0.25, -0.2) is 0 Å². The number of benzene rings is 2. The fourth-order valence-corrected chi connectivity index (χ4v) is 4.45. The monoisotopic (exact) mass is 369 g/mol. The Balaban J connectivity index is 2.11. The van der Waals surface area contributed by atoms with Crippen molar-refractivity contribution in [3.05, 3.63) is 66.4 Å². The van der Waals surface area contributed by atoms with Gasteiger partial charge in [-0.1, -0.05) is 0 Å². The van der Waals surface area contributed by atoms with E-state index in [1.54, 1.807) is 6.20 Å². The second-order valence-electron chi connectivity index (χ2n) is 6.51. The van der Waals surface area contributed by atoms with Crippen LogP contribution in [0.5, 0.6) is 0 Å². The molecule has 3 rings (SSSR count). The number of hydrogen-bond acceptors (Lipinski definition) is 2. The molecule has 1 aromatic heterocycles. The third-order valence-electron chi connectivity index (χ3n) is 3.63. The fourth-order valence-electron chi connectivity index (χ4n) is 2.44. The molecule has 0 aliphatic carbocycles. The third-order valence-corrected chi connectivity index (χ3v) is 5.90. The zero-order valence-corrected chi connectivity index (χ0v) is 15.3. The number of aromatic nitrogens is 1. The zero-order valence-electron chi connectivity index (χ0n) is 13.5. The number of nitrogens with zero attached hydrogens (tertiary/aromatic N) is 1. The average molecular weight is 368 g/mol. The minimum atomic E-state index is -0.406. The van der Waals surface area contributed by atoms with Crippen LogP contribution < -0.4 is 8.92 Å². The topological polar surface area (TPSA) is 30.0 Å². The molecule has 0 aliphatic rings. The van der Waals surface area contributed by atoms with E-state index in [4.69, 9.17) is 0 Å². The number of carbonyl (C=O) groups excluding carboxylic acids is 1. The van der Waals surface area contributed by atoms with Crippen LogP contribution in [-0.4, -0.2) is 25.7 Å². The summed E-state index contributed by atoms with van der Waals surface area (Å²) in [5.41, 5.74) is 1.14. The Kier molecular flexibility index (Phi) is 4.34. The van der Waals surface area contributed by atoms with Crippen LogP contribution in [0, 0.1) is 5.41 Å². The molecule has 0 saturated carbocycles. The van der Waals surface area contributed by atoms with Crippen molar-refractivity contribution in [3.63, 3.8) is 0 Å². The first-order valence-electron chi connectivity index (χ1n) is 7.62. The van der Waals surface area contributed by atoms with Gasteiger partial charge in [0, 0.05) is 0 Å². The Hall–Kier alpha value is -1.96. The molecule has 0 aliphatic heterocycles. The average Bonchev–Trinajstić information content (AvgIpc) is 2.55. The fraction of sp³-hybridized carbons (Fsp3) is 0.200. The molecule has 116 valence electrons. The van der Waals surface area contributed by atoms with Crippen molar-refractivity contribution in [3.8, 4) is 0 Å². The summed E-state index contributed by atoms with van der Waals surface area (Å²) in [4.78, 5) is 17.2. The van der Waals surface area contributed by atoms with Crippen molar-refractivity contribution in [1.82, 2.24) is 4.98 Å². The van der Waals surface area contributed by atoms with Crippen LogP contribution in [0.25, 0.3) is 10.9 Å². The van der Waals surface area contributed by atoms with Crippen molar-refractivity contribution in [2.24, 2.45) is 5.41 Å². The number of Topliss-reactive ketones (excluding diaryl/α,β-unsaturated/α-hetero) is 1. The van der Waals surface area contributed by atoms with E-state index in [-0.39, 0.29) is 20.7 Å². The molecule has 0 saturated heterocycles. The summed E-state index contributed by atoms with van der Waals surface area (Å²) in [6.45, 7) is 5.85. The molecule has 3 heteroatoms. The van der Waals surface area contributed by atoms with E-state index in [9.17, 15) is 4.79 Å². The van der Waals surface area contributed by atoms with Gasteiger partial charge in [0.1, 0.15) is 0 Å². The van der Waals surface area contributed by atoms with Crippen LogP contribution in [0.3, 0.4) is 0 Å². The summed E-state index contributed by atoms with van der Waals surface area (Å²) in [5, 5.41) is 1.09. The van der Waals surface area contributed by atoms with Crippen LogP contribution in [0.15, 0.2) is 60.8 Å². The van der Waals surface area contributed by atoms with E-state index in [0.717, 1.165) is 16.5 Å². The van der Waals surface area contributed by atoms with Crippen molar-refractivity contribution in [2.75, 3.05) is 0 Å². The van der Waals surface area contributed by atoms with Gasteiger partial charge in [0.05, 0.1) is 0 Å². The van der Waals surface area contributed by atoms with Crippen LogP contribution in [-0.2, 0) is 0 Å². The third kappa shape index (κ3) is 3.36. The van der Waals surface area contributed by atoms with Gasteiger partial charge >= 0.3 is 143 Å². The van der Waals surface area contributed by atoms with Crippen LogP contribution >= 0.6 is 0 Å². The number of fused-ring (bicyclic) bond motifs is 1. The molecule has 0 N–H and O–H groups in total. The molecule has 23 heavy (non-hydrogen) atoms. The first-order valence-corrected chi connectivity index (χ1v) is 9.33. The van der Waals surface area contributed by atoms with Gasteiger partial charge in [0.15, 0.2) is 0 Å². The van der Waals surface area contributed by atoms with E-state index in [2.05, 4.69) is 41.4 Å². The first kappa shape index (κ1) is 15.9. The quantitative estimate of drug-likeness (QED) is 0.525. The molecule has 2 aromatic carbocycles. The molecule has 0 unspecified atom stereocenters. The van der Waals surface area contributed by atoms with E-state index in [1.165, 1.54) is 8.92 Å². The van der Waals surface area contributed by atoms with Gasteiger partial charge in [-0.15, -0.1) is 0 Å². The molecular formula is C20H19NOSe. The van der Waals surface area contributed by atoms with Crippen LogP contribution in [0.2, 0.25) is 0 Å². The minimum absolute atomic E-state index is 0.139. The molecule has 0 bridgehead atoms. The molecule has 0 spiro atoms. The van der Waals surface area contributed by atoms with Gasteiger partial charge in [0.2, 0.25) is 0 Å². The van der Waals surface area contributed by atoms with Crippen LogP contribution in [0.4, 0.5) is 0 Å². The summed E-state index contributed by atoms with van der Waals surface area (Å²) in [5.74, 6) is 0.139. The van der Waals surface area contributed by atoms with Gasteiger partial charge in [0.25, 0.3) is 0 Å². The molecule has 0 radical (unpaired) electrons. The van der Waals surface area contributed by atoms with Crippen molar-refractivity contribution in [1.29, 1.82) is 0 Å². The van der Waals surface area contributed by atoms with Gasteiger partial charge < -0.3 is 0 Å². The SMILES string of the molecule is CC(C)(C)C(=O)c1ccc([Se]c2ccccc2)c2cccnc12. The molecule has 3 aromatic rings. The Morgan fingerprint density at radius 1 is 0.957 bits per heavy atom. The number of pyridine rings is 1. The number of rotatable bonds is 3. The standard InChI is InChI=1S/C20H19NOSe/c1-20(2,3)19(22)16-11-12-17(15-10-7-13-21-18(15)16)23-14-8-5-4-6-9-14/h4-13H,1-3H3. The summed E-state index contributed by atoms with van der Waals surface area (Å²) < 4.78 is 2.58. The predicted octanol–water partition coefficient (Wildman–Crippen LogP) is 3.12. The predicted molar refractivity (Wildman–Crippen MR) is 97.0 cm³/mol. The Morgan fingerprint density at radius 2 is 1.70 bits per heavy atom. The second-order valence-corrected chi connectivity index (χ2v) is 8.85. The number of ketones is 1. The first-order chi connectivity index (χ1) is 11.0. The van der Waals surface area contributed by atoms with Crippen molar-refractivity contribution >= 4 is 40.6 Å². The van der Waals surface area contributed by atoms with Crippen molar-refractivity contribution < 1.29 is 4.79 Å². The second kappa shape index (κ2) is 6.27. The Labute approximate surface area is 143 Å². The molecule has 2 nitrogen and oxygen atoms in total. The molecule has 0 atom stereocenters. The Morgan fingerprint density at radius 3 is 2.39 bits per heavy atom. The zero-order chi connectivity index (χ0) is 16.4. The molecule has 0 fully saturated rings. The van der Waals surface area contributed by atoms with Gasteiger partial charge in [-0.2, -0.15) is 0 Å². The van der Waals surface area contributed by atoms with E-state index in [0.29, 0.717) is 0 Å². The maximum atomic E-state index is 12.7. The summed E-state index contributed by atoms with van der Waals surface area (Å²) in [7, 11) is 0. The summed E-state index contributed by atoms with van der Waals surface area (Å²) in [6.07, 6.45) is 1.76. The number of hydrogen-bond donors (Lipinski definition) is 0. The maximum absolute atomic E-state index is 12.7. The summed E-state index contributed by atoms with van der Waals surface area (Å²) >= 11 is 0.200. The summed E-state index contributed by atoms with van der Waals surface area (Å²) in [6, 6.07) is 18.5. The van der Waals surface area contributed by atoms with E-state index < -0.39 is 5.41 Å². The van der Waals surface area contributed by atoms with Crippen molar-refractivity contribution in [2.45, 2.75) is 20.8 Å². The van der Waals surface area contributed by atoms with E-state index >= 15 is 0 Å². The van der Waals surface area contributed by atoms with Gasteiger partial charge in [-0.05, 0) is 0 Å². The Bertz CT molecular complexity index is 850.